The van der Waals surface area contributed by atoms with Crippen molar-refractivity contribution in [3.8, 4) is 11.1 Å². The van der Waals surface area contributed by atoms with Gasteiger partial charge in [0.05, 0.1) is 0 Å². The number of hydrogen-bond donors (Lipinski definition) is 0. The van der Waals surface area contributed by atoms with Crippen LogP contribution in [0.4, 0.5) is 0 Å². The molecule has 3 aromatic carbocycles. The van der Waals surface area contributed by atoms with Gasteiger partial charge in [0, 0.05) is 5.02 Å². The van der Waals surface area contributed by atoms with Crippen LogP contribution in [0.25, 0.3) is 21.9 Å². The van der Waals surface area contributed by atoms with Crippen LogP contribution in [0.1, 0.15) is 0 Å². The number of rotatable bonds is 1. The minimum absolute atomic E-state index is 0.773. The van der Waals surface area contributed by atoms with E-state index in [0.29, 0.717) is 0 Å². The third-order valence-electron chi connectivity index (χ3n) is 2.93. The van der Waals surface area contributed by atoms with Crippen molar-refractivity contribution in [1.29, 1.82) is 0 Å². The number of halogens is 1. The smallest absolute Gasteiger partial charge is 0.0406 e. The minimum atomic E-state index is 0.773. The Morgan fingerprint density at radius 3 is 2.00 bits per heavy atom. The SMILES string of the molecule is Clc1ccc(-c2ccc3ccccc3c2)cc1. The molecule has 0 spiro atoms. The minimum Gasteiger partial charge on any atom is -0.0843 e. The first-order valence-electron chi connectivity index (χ1n) is 5.58. The lowest BCUT2D eigenvalue weighted by Gasteiger charge is -2.04. The molecule has 0 amide bonds. The summed E-state index contributed by atoms with van der Waals surface area (Å²) < 4.78 is 0. The van der Waals surface area contributed by atoms with Gasteiger partial charge in [-0.1, -0.05) is 60.1 Å². The fourth-order valence-electron chi connectivity index (χ4n) is 2.01. The molecule has 0 aliphatic heterocycles. The molecule has 3 rings (SSSR count). The zero-order valence-corrected chi connectivity index (χ0v) is 9.98. The van der Waals surface area contributed by atoms with Gasteiger partial charge in [0.1, 0.15) is 0 Å². The average Bonchev–Trinajstić information content (AvgIpc) is 2.39. The number of fused-ring (bicyclic) bond motifs is 1. The Morgan fingerprint density at radius 1 is 0.588 bits per heavy atom. The molecule has 0 unspecified atom stereocenters. The molecule has 17 heavy (non-hydrogen) atoms. The summed E-state index contributed by atoms with van der Waals surface area (Å²) in [6.07, 6.45) is 0. The molecule has 0 aliphatic rings. The average molecular weight is 239 g/mol. The van der Waals surface area contributed by atoms with Crippen molar-refractivity contribution in [1.82, 2.24) is 0 Å². The van der Waals surface area contributed by atoms with Crippen LogP contribution in [-0.2, 0) is 0 Å². The van der Waals surface area contributed by atoms with Gasteiger partial charge in [-0.05, 0) is 40.1 Å². The topological polar surface area (TPSA) is 0 Å². The van der Waals surface area contributed by atoms with Crippen molar-refractivity contribution in [2.24, 2.45) is 0 Å². The molecular formula is C16H11Cl. The molecule has 0 radical (unpaired) electrons. The highest BCUT2D eigenvalue weighted by atomic mass is 35.5. The van der Waals surface area contributed by atoms with Gasteiger partial charge in [-0.3, -0.25) is 0 Å². The first kappa shape index (κ1) is 10.4. The summed E-state index contributed by atoms with van der Waals surface area (Å²) >= 11 is 5.89. The second-order valence-electron chi connectivity index (χ2n) is 4.07. The van der Waals surface area contributed by atoms with E-state index in [0.717, 1.165) is 5.02 Å². The third-order valence-corrected chi connectivity index (χ3v) is 3.18. The lowest BCUT2D eigenvalue weighted by atomic mass is 10.0. The summed E-state index contributed by atoms with van der Waals surface area (Å²) in [7, 11) is 0. The van der Waals surface area contributed by atoms with Gasteiger partial charge >= 0.3 is 0 Å². The Labute approximate surface area is 105 Å². The van der Waals surface area contributed by atoms with Crippen LogP contribution in [0.2, 0.25) is 5.02 Å². The summed E-state index contributed by atoms with van der Waals surface area (Å²) in [4.78, 5) is 0. The lowest BCUT2D eigenvalue weighted by molar-refractivity contribution is 1.64. The Morgan fingerprint density at radius 2 is 1.24 bits per heavy atom. The normalized spacial score (nSPS) is 10.6. The quantitative estimate of drug-likeness (QED) is 0.549. The van der Waals surface area contributed by atoms with E-state index in [1.54, 1.807) is 0 Å². The van der Waals surface area contributed by atoms with Crippen LogP contribution in [0.15, 0.2) is 66.7 Å². The fourth-order valence-corrected chi connectivity index (χ4v) is 2.14. The van der Waals surface area contributed by atoms with Gasteiger partial charge in [0.25, 0.3) is 0 Å². The van der Waals surface area contributed by atoms with E-state index in [1.165, 1.54) is 21.9 Å². The van der Waals surface area contributed by atoms with Gasteiger partial charge in [-0.2, -0.15) is 0 Å². The second kappa shape index (κ2) is 4.23. The van der Waals surface area contributed by atoms with Gasteiger partial charge in [-0.25, -0.2) is 0 Å². The Kier molecular flexibility index (Phi) is 2.58. The molecule has 0 nitrogen and oxygen atoms in total. The van der Waals surface area contributed by atoms with Crippen LogP contribution < -0.4 is 0 Å². The van der Waals surface area contributed by atoms with Gasteiger partial charge in [-0.15, -0.1) is 0 Å². The van der Waals surface area contributed by atoms with Crippen molar-refractivity contribution >= 4 is 22.4 Å². The van der Waals surface area contributed by atoms with Crippen LogP contribution >= 0.6 is 11.6 Å². The Balaban J connectivity index is 2.14. The highest BCUT2D eigenvalue weighted by molar-refractivity contribution is 6.30. The summed E-state index contributed by atoms with van der Waals surface area (Å²) in [5.74, 6) is 0. The van der Waals surface area contributed by atoms with Crippen LogP contribution in [0.3, 0.4) is 0 Å². The maximum Gasteiger partial charge on any atom is 0.0406 e. The predicted molar refractivity (Wildman–Crippen MR) is 74.4 cm³/mol. The van der Waals surface area contributed by atoms with Gasteiger partial charge in [0.2, 0.25) is 0 Å². The first-order chi connectivity index (χ1) is 8.33. The molecular weight excluding hydrogens is 228 g/mol. The molecule has 0 heterocycles. The number of benzene rings is 3. The molecule has 82 valence electrons. The van der Waals surface area contributed by atoms with E-state index in [-0.39, 0.29) is 0 Å². The maximum absolute atomic E-state index is 5.89. The second-order valence-corrected chi connectivity index (χ2v) is 4.51. The molecule has 0 fully saturated rings. The molecule has 0 N–H and O–H groups in total. The standard InChI is InChI=1S/C16H11Cl/c17-16-9-7-13(8-10-16)15-6-5-12-3-1-2-4-14(12)11-15/h1-11H. The van der Waals surface area contributed by atoms with Crippen LogP contribution in [0, 0.1) is 0 Å². The zero-order chi connectivity index (χ0) is 11.7. The molecule has 0 aromatic heterocycles. The van der Waals surface area contributed by atoms with E-state index in [1.807, 2.05) is 24.3 Å². The van der Waals surface area contributed by atoms with Crippen molar-refractivity contribution in [3.63, 3.8) is 0 Å². The molecule has 3 aromatic rings. The molecule has 0 saturated carbocycles. The Bertz CT molecular complexity index is 654. The van der Waals surface area contributed by atoms with Crippen molar-refractivity contribution < 1.29 is 0 Å². The largest absolute Gasteiger partial charge is 0.0843 e. The van der Waals surface area contributed by atoms with Crippen molar-refractivity contribution in [3.05, 3.63) is 71.8 Å². The monoisotopic (exact) mass is 238 g/mol. The summed E-state index contributed by atoms with van der Waals surface area (Å²) in [6, 6.07) is 22.8. The van der Waals surface area contributed by atoms with Crippen LogP contribution in [-0.4, -0.2) is 0 Å². The lowest BCUT2D eigenvalue weighted by Crippen LogP contribution is -1.78. The van der Waals surface area contributed by atoms with E-state index < -0.39 is 0 Å². The van der Waals surface area contributed by atoms with E-state index in [9.17, 15) is 0 Å². The summed E-state index contributed by atoms with van der Waals surface area (Å²) in [5, 5.41) is 3.31. The van der Waals surface area contributed by atoms with Gasteiger partial charge < -0.3 is 0 Å². The molecule has 0 aliphatic carbocycles. The van der Waals surface area contributed by atoms with Gasteiger partial charge in [0.15, 0.2) is 0 Å². The fraction of sp³-hybridized carbons (Fsp3) is 0. The number of hydrogen-bond acceptors (Lipinski definition) is 0. The third kappa shape index (κ3) is 2.04. The highest BCUT2D eigenvalue weighted by Gasteiger charge is 1.99. The van der Waals surface area contributed by atoms with Crippen molar-refractivity contribution in [2.75, 3.05) is 0 Å². The van der Waals surface area contributed by atoms with E-state index in [2.05, 4.69) is 42.5 Å². The summed E-state index contributed by atoms with van der Waals surface area (Å²) in [6.45, 7) is 0. The molecule has 1 heteroatoms. The van der Waals surface area contributed by atoms with Crippen LogP contribution in [0.5, 0.6) is 0 Å². The van der Waals surface area contributed by atoms with E-state index in [4.69, 9.17) is 11.6 Å². The highest BCUT2D eigenvalue weighted by Crippen LogP contribution is 2.25. The molecule has 0 atom stereocenters. The van der Waals surface area contributed by atoms with E-state index >= 15 is 0 Å². The molecule has 0 saturated heterocycles. The van der Waals surface area contributed by atoms with Crippen molar-refractivity contribution in [2.45, 2.75) is 0 Å². The zero-order valence-electron chi connectivity index (χ0n) is 9.23. The Hall–Kier alpha value is -1.79. The summed E-state index contributed by atoms with van der Waals surface area (Å²) in [5.41, 5.74) is 2.42. The maximum atomic E-state index is 5.89. The molecule has 0 bridgehead atoms. The predicted octanol–water partition coefficient (Wildman–Crippen LogP) is 5.16. The first-order valence-corrected chi connectivity index (χ1v) is 5.95.